The summed E-state index contributed by atoms with van der Waals surface area (Å²) in [6.45, 7) is 4.61. The maximum absolute atomic E-state index is 14.2. The summed E-state index contributed by atoms with van der Waals surface area (Å²) in [5.74, 6) is -6.73. The first-order valence-electron chi connectivity index (χ1n) is 17.5. The summed E-state index contributed by atoms with van der Waals surface area (Å²) >= 11 is 0. The Morgan fingerprint density at radius 3 is 2.02 bits per heavy atom. The Kier molecular flexibility index (Phi) is 21.6. The van der Waals surface area contributed by atoms with Gasteiger partial charge in [-0.3, -0.25) is 4.79 Å². The second-order valence-corrected chi connectivity index (χ2v) is 12.5. The summed E-state index contributed by atoms with van der Waals surface area (Å²) in [4.78, 5) is 38.5. The number of hydrogen-bond donors (Lipinski definition) is 3. The van der Waals surface area contributed by atoms with Crippen LogP contribution in [-0.4, -0.2) is 73.1 Å². The summed E-state index contributed by atoms with van der Waals surface area (Å²) in [5, 5.41) is 23.8. The normalized spacial score (nSPS) is 14.3. The number of amides is 1. The van der Waals surface area contributed by atoms with E-state index in [4.69, 9.17) is 14.2 Å². The second-order valence-electron chi connectivity index (χ2n) is 12.5. The summed E-state index contributed by atoms with van der Waals surface area (Å²) in [7, 11) is 2.54. The number of unbranched alkanes of at least 4 members (excludes halogenated alkanes) is 9. The molecule has 48 heavy (non-hydrogen) atoms. The number of esters is 1. The molecule has 274 valence electrons. The molecular formula is C37H59F2NO8. The first-order valence-corrected chi connectivity index (χ1v) is 17.5. The van der Waals surface area contributed by atoms with Crippen LogP contribution in [0.15, 0.2) is 36.4 Å². The van der Waals surface area contributed by atoms with Gasteiger partial charge in [0.05, 0.1) is 19.6 Å². The van der Waals surface area contributed by atoms with Gasteiger partial charge in [-0.15, -0.1) is 0 Å². The van der Waals surface area contributed by atoms with E-state index >= 15 is 0 Å². The highest BCUT2D eigenvalue weighted by atomic mass is 19.3. The molecule has 1 aromatic carbocycles. The van der Waals surface area contributed by atoms with Crippen LogP contribution in [0, 0.1) is 5.92 Å². The molecule has 11 heteroatoms. The number of methoxy groups -OCH3 is 2. The van der Waals surface area contributed by atoms with E-state index in [1.54, 1.807) is 30.3 Å². The molecule has 3 atom stereocenters. The van der Waals surface area contributed by atoms with E-state index in [1.807, 2.05) is 0 Å². The molecule has 0 heterocycles. The molecule has 0 aliphatic heterocycles. The van der Waals surface area contributed by atoms with E-state index in [2.05, 4.69) is 19.2 Å². The molecule has 0 saturated heterocycles. The number of allylic oxidation sites excluding steroid dienone is 1. The van der Waals surface area contributed by atoms with Crippen molar-refractivity contribution in [2.45, 2.75) is 134 Å². The van der Waals surface area contributed by atoms with Gasteiger partial charge < -0.3 is 29.7 Å². The molecular weight excluding hydrogens is 624 g/mol. The van der Waals surface area contributed by atoms with E-state index in [9.17, 15) is 33.4 Å². The van der Waals surface area contributed by atoms with Crippen LogP contribution in [0.1, 0.15) is 116 Å². The maximum Gasteiger partial charge on any atom is 0.336 e. The molecule has 1 aromatic rings. The second kappa shape index (κ2) is 24.1. The van der Waals surface area contributed by atoms with Crippen molar-refractivity contribution < 1.29 is 47.6 Å². The summed E-state index contributed by atoms with van der Waals surface area (Å²) in [5.41, 5.74) is -1.81. The number of aliphatic carboxylic acids is 1. The van der Waals surface area contributed by atoms with Crippen LogP contribution in [0.3, 0.4) is 0 Å². The number of hydrogen-bond acceptors (Lipinski definition) is 7. The Morgan fingerprint density at radius 2 is 1.46 bits per heavy atom. The molecule has 0 aliphatic rings. The number of alkyl halides is 2. The van der Waals surface area contributed by atoms with E-state index < -0.39 is 41.3 Å². The van der Waals surface area contributed by atoms with Crippen molar-refractivity contribution in [1.82, 2.24) is 5.32 Å². The number of carbonyl (C=O) groups excluding carboxylic acids is 2. The quantitative estimate of drug-likeness (QED) is 0.0472. The number of benzene rings is 1. The zero-order valence-corrected chi connectivity index (χ0v) is 29.4. The molecule has 1 amide bonds. The molecule has 0 radical (unpaired) electrons. The van der Waals surface area contributed by atoms with Gasteiger partial charge in [-0.2, -0.15) is 0 Å². The van der Waals surface area contributed by atoms with Crippen LogP contribution in [0.5, 0.6) is 5.75 Å². The highest BCUT2D eigenvalue weighted by molar-refractivity contribution is 5.92. The SMILES string of the molecule is CCCCCCCC(F)(F)CCCCCCC=C[C@H](C(=O)N[C@@H](Cc1ccc(OCCCC)cc1)C(=O)OC)[C@@](O)(CCOC)C(=O)O. The van der Waals surface area contributed by atoms with Crippen molar-refractivity contribution >= 4 is 17.8 Å². The first-order chi connectivity index (χ1) is 22.9. The molecule has 0 spiro atoms. The van der Waals surface area contributed by atoms with Gasteiger partial charge in [0, 0.05) is 39.4 Å². The number of nitrogens with one attached hydrogen (secondary N) is 1. The fourth-order valence-corrected chi connectivity index (χ4v) is 5.35. The van der Waals surface area contributed by atoms with Crippen molar-refractivity contribution in [3.63, 3.8) is 0 Å². The Bertz CT molecular complexity index is 1080. The standard InChI is InChI=1S/C37H59F2NO8/c1-5-7-9-13-16-23-36(38,39)24-17-14-11-10-12-15-18-31(37(45,35(43)44)25-27-46-3)33(41)40-32(34(42)47-4)28-29-19-21-30(22-20-29)48-26-8-6-2/h15,18-22,31-32,45H,5-14,16-17,23-28H2,1-4H3,(H,40,41)(H,43,44)/t31-,32+,37+/m1/s1. The lowest BCUT2D eigenvalue weighted by Crippen LogP contribution is -2.55. The number of halogens is 2. The van der Waals surface area contributed by atoms with Crippen molar-refractivity contribution in [1.29, 1.82) is 0 Å². The smallest absolute Gasteiger partial charge is 0.336 e. The lowest BCUT2D eigenvalue weighted by molar-refractivity contribution is -0.169. The number of rotatable bonds is 28. The third-order valence-corrected chi connectivity index (χ3v) is 8.42. The van der Waals surface area contributed by atoms with Crippen LogP contribution in [0.4, 0.5) is 8.78 Å². The molecule has 9 nitrogen and oxygen atoms in total. The first kappa shape index (κ1) is 43.0. The van der Waals surface area contributed by atoms with Crippen LogP contribution in [0.2, 0.25) is 0 Å². The predicted molar refractivity (Wildman–Crippen MR) is 182 cm³/mol. The molecule has 1 rings (SSSR count). The highest BCUT2D eigenvalue weighted by Gasteiger charge is 2.47. The Hall–Kier alpha value is -3.05. The van der Waals surface area contributed by atoms with Crippen molar-refractivity contribution in [3.8, 4) is 5.75 Å². The summed E-state index contributed by atoms with van der Waals surface area (Å²) in [6, 6.07) is 5.91. The summed E-state index contributed by atoms with van der Waals surface area (Å²) < 4.78 is 44.0. The third kappa shape index (κ3) is 16.9. The zero-order valence-electron chi connectivity index (χ0n) is 29.4. The Morgan fingerprint density at radius 1 is 0.854 bits per heavy atom. The topological polar surface area (TPSA) is 131 Å². The lowest BCUT2D eigenvalue weighted by atomic mass is 9.83. The van der Waals surface area contributed by atoms with Gasteiger partial charge in [0.2, 0.25) is 11.8 Å². The van der Waals surface area contributed by atoms with Crippen molar-refractivity contribution in [2.24, 2.45) is 5.92 Å². The van der Waals surface area contributed by atoms with Gasteiger partial charge in [0.25, 0.3) is 0 Å². The minimum absolute atomic E-state index is 0.0611. The van der Waals surface area contributed by atoms with Crippen LogP contribution < -0.4 is 10.1 Å². The Labute approximate surface area is 285 Å². The van der Waals surface area contributed by atoms with Crippen LogP contribution in [-0.2, 0) is 30.3 Å². The Balaban J connectivity index is 2.88. The molecule has 3 N–H and O–H groups in total. The molecule has 0 fully saturated rings. The van der Waals surface area contributed by atoms with Crippen molar-refractivity contribution in [3.05, 3.63) is 42.0 Å². The summed E-state index contributed by atoms with van der Waals surface area (Å²) in [6.07, 6.45) is 11.7. The molecule has 0 saturated carbocycles. The number of carboxylic acid groups (broad SMARTS) is 1. The van der Waals surface area contributed by atoms with Gasteiger partial charge >= 0.3 is 11.9 Å². The fourth-order valence-electron chi connectivity index (χ4n) is 5.35. The minimum Gasteiger partial charge on any atom is -0.494 e. The number of ether oxygens (including phenoxy) is 3. The van der Waals surface area contributed by atoms with Gasteiger partial charge in [0.1, 0.15) is 11.8 Å². The van der Waals surface area contributed by atoms with Gasteiger partial charge in [-0.05, 0) is 49.8 Å². The van der Waals surface area contributed by atoms with Gasteiger partial charge in [0.15, 0.2) is 5.60 Å². The number of carboxylic acids is 1. The average Bonchev–Trinajstić information content (AvgIpc) is 3.06. The van der Waals surface area contributed by atoms with E-state index in [0.717, 1.165) is 38.5 Å². The fraction of sp³-hybridized carbons (Fsp3) is 0.703. The number of aliphatic hydroxyl groups is 1. The highest BCUT2D eigenvalue weighted by Crippen LogP contribution is 2.29. The van der Waals surface area contributed by atoms with Crippen molar-refractivity contribution in [2.75, 3.05) is 27.4 Å². The maximum atomic E-state index is 14.2. The van der Waals surface area contributed by atoms with E-state index in [-0.39, 0.29) is 32.3 Å². The third-order valence-electron chi connectivity index (χ3n) is 8.42. The van der Waals surface area contributed by atoms with Gasteiger partial charge in [-0.25, -0.2) is 18.4 Å². The molecule has 0 aromatic heterocycles. The number of carbonyl (C=O) groups is 3. The zero-order chi connectivity index (χ0) is 35.8. The van der Waals surface area contributed by atoms with E-state index in [0.29, 0.717) is 56.4 Å². The lowest BCUT2D eigenvalue weighted by Gasteiger charge is -2.30. The molecule has 0 unspecified atom stereocenters. The van der Waals surface area contributed by atoms with Crippen LogP contribution >= 0.6 is 0 Å². The van der Waals surface area contributed by atoms with E-state index in [1.165, 1.54) is 20.3 Å². The molecule has 0 bridgehead atoms. The molecule has 0 aliphatic carbocycles. The van der Waals surface area contributed by atoms with Gasteiger partial charge in [-0.1, -0.05) is 83.1 Å². The predicted octanol–water partition coefficient (Wildman–Crippen LogP) is 7.43. The average molecular weight is 684 g/mol. The largest absolute Gasteiger partial charge is 0.494 e. The minimum atomic E-state index is -2.65. The van der Waals surface area contributed by atoms with Crippen LogP contribution in [0.25, 0.3) is 0 Å². The monoisotopic (exact) mass is 683 g/mol.